The van der Waals surface area contributed by atoms with Crippen LogP contribution >= 0.6 is 11.3 Å². The van der Waals surface area contributed by atoms with Gasteiger partial charge < -0.3 is 4.98 Å². The molecule has 0 aliphatic rings. The molecule has 0 spiro atoms. The number of aromatic amines is 1. The molecule has 0 aromatic carbocycles. The van der Waals surface area contributed by atoms with E-state index in [-0.39, 0.29) is 0 Å². The highest BCUT2D eigenvalue weighted by Gasteiger charge is 2.07. The van der Waals surface area contributed by atoms with Crippen LogP contribution in [-0.4, -0.2) is 19.9 Å². The van der Waals surface area contributed by atoms with Gasteiger partial charge in [0.05, 0.1) is 6.33 Å². The number of nitrogens with one attached hydrogen (secondary N) is 1. The first-order valence-electron chi connectivity index (χ1n) is 4.12. The zero-order chi connectivity index (χ0) is 9.38. The molecule has 0 unspecified atom stereocenters. The van der Waals surface area contributed by atoms with Crippen LogP contribution in [0.25, 0.3) is 22.4 Å². The van der Waals surface area contributed by atoms with Crippen LogP contribution in [0.15, 0.2) is 29.5 Å². The van der Waals surface area contributed by atoms with Gasteiger partial charge in [-0.15, -0.1) is 0 Å². The molecule has 0 aliphatic heterocycles. The largest absolute Gasteiger partial charge is 0.341 e. The Morgan fingerprint density at radius 3 is 3.07 bits per heavy atom. The number of hydrogen-bond acceptors (Lipinski definition) is 4. The van der Waals surface area contributed by atoms with Gasteiger partial charge in [0.25, 0.3) is 0 Å². The van der Waals surface area contributed by atoms with Crippen LogP contribution in [0.3, 0.4) is 0 Å². The Kier molecular flexibility index (Phi) is 1.57. The lowest BCUT2D eigenvalue weighted by atomic mass is 10.2. The zero-order valence-corrected chi connectivity index (χ0v) is 7.95. The second kappa shape index (κ2) is 2.88. The molecule has 1 N–H and O–H groups in total. The van der Waals surface area contributed by atoms with E-state index in [1.165, 1.54) is 6.33 Å². The summed E-state index contributed by atoms with van der Waals surface area (Å²) in [6.07, 6.45) is 3.17. The maximum Gasteiger partial charge on any atom is 0.181 e. The van der Waals surface area contributed by atoms with Crippen molar-refractivity contribution in [3.63, 3.8) is 0 Å². The summed E-state index contributed by atoms with van der Waals surface area (Å²) in [4.78, 5) is 15.4. The quantitative estimate of drug-likeness (QED) is 0.657. The topological polar surface area (TPSA) is 54.5 Å². The minimum absolute atomic E-state index is 0.709. The molecule has 3 heterocycles. The summed E-state index contributed by atoms with van der Waals surface area (Å²) in [5.74, 6) is 0. The lowest BCUT2D eigenvalue weighted by Gasteiger charge is -1.96. The van der Waals surface area contributed by atoms with Crippen LogP contribution in [0, 0.1) is 0 Å². The fourth-order valence-electron chi connectivity index (χ4n) is 1.38. The Hall–Kier alpha value is -1.75. The Morgan fingerprint density at radius 1 is 1.21 bits per heavy atom. The van der Waals surface area contributed by atoms with Gasteiger partial charge in [-0.2, -0.15) is 11.3 Å². The van der Waals surface area contributed by atoms with Gasteiger partial charge in [0.1, 0.15) is 17.5 Å². The van der Waals surface area contributed by atoms with E-state index in [4.69, 9.17) is 0 Å². The lowest BCUT2D eigenvalue weighted by molar-refractivity contribution is 1.20. The highest BCUT2D eigenvalue weighted by molar-refractivity contribution is 7.08. The molecule has 0 atom stereocenters. The molecule has 0 saturated carbocycles. The maximum atomic E-state index is 4.25. The van der Waals surface area contributed by atoms with Crippen molar-refractivity contribution in [2.24, 2.45) is 0 Å². The van der Waals surface area contributed by atoms with Crippen LogP contribution < -0.4 is 0 Å². The number of fused-ring (bicyclic) bond motifs is 1. The molecule has 3 aromatic rings. The fraction of sp³-hybridized carbons (Fsp3) is 0. The van der Waals surface area contributed by atoms with Gasteiger partial charge in [-0.3, -0.25) is 0 Å². The first-order valence-corrected chi connectivity index (χ1v) is 5.06. The van der Waals surface area contributed by atoms with Gasteiger partial charge in [-0.05, 0) is 11.4 Å². The summed E-state index contributed by atoms with van der Waals surface area (Å²) >= 11 is 1.65. The second-order valence-electron chi connectivity index (χ2n) is 2.84. The van der Waals surface area contributed by atoms with Crippen LogP contribution in [0.5, 0.6) is 0 Å². The van der Waals surface area contributed by atoms with Crippen molar-refractivity contribution in [3.8, 4) is 11.3 Å². The van der Waals surface area contributed by atoms with Crippen molar-refractivity contribution >= 4 is 22.5 Å². The van der Waals surface area contributed by atoms with Crippen molar-refractivity contribution in [2.75, 3.05) is 0 Å². The van der Waals surface area contributed by atoms with Crippen LogP contribution in [0.2, 0.25) is 0 Å². The molecule has 3 rings (SSSR count). The average molecular weight is 202 g/mol. The Labute approximate surface area is 83.7 Å². The van der Waals surface area contributed by atoms with E-state index in [0.29, 0.717) is 5.65 Å². The SMILES string of the molecule is c1nc(-c2ccsc2)c2[nH]cnc2n1. The second-order valence-corrected chi connectivity index (χ2v) is 3.62. The molecule has 68 valence electrons. The summed E-state index contributed by atoms with van der Waals surface area (Å²) in [6, 6.07) is 2.04. The van der Waals surface area contributed by atoms with Gasteiger partial charge in [-0.1, -0.05) is 0 Å². The van der Waals surface area contributed by atoms with E-state index < -0.39 is 0 Å². The van der Waals surface area contributed by atoms with Gasteiger partial charge in [0.15, 0.2) is 5.65 Å². The summed E-state index contributed by atoms with van der Waals surface area (Å²) in [5, 5.41) is 4.09. The molecular weight excluding hydrogens is 196 g/mol. The van der Waals surface area contributed by atoms with E-state index in [9.17, 15) is 0 Å². The van der Waals surface area contributed by atoms with Gasteiger partial charge in [-0.25, -0.2) is 15.0 Å². The minimum Gasteiger partial charge on any atom is -0.341 e. The third-order valence-corrected chi connectivity index (χ3v) is 2.70. The number of thiophene rings is 1. The van der Waals surface area contributed by atoms with E-state index >= 15 is 0 Å². The Balaban J connectivity index is 2.36. The summed E-state index contributed by atoms with van der Waals surface area (Å²) in [6.45, 7) is 0. The van der Waals surface area contributed by atoms with Gasteiger partial charge in [0, 0.05) is 10.9 Å². The molecule has 0 fully saturated rings. The smallest absolute Gasteiger partial charge is 0.181 e. The molecule has 0 aliphatic carbocycles. The molecule has 0 bridgehead atoms. The van der Waals surface area contributed by atoms with Crippen molar-refractivity contribution in [2.45, 2.75) is 0 Å². The van der Waals surface area contributed by atoms with Gasteiger partial charge in [0.2, 0.25) is 0 Å². The molecule has 3 aromatic heterocycles. The van der Waals surface area contributed by atoms with Crippen molar-refractivity contribution in [1.29, 1.82) is 0 Å². The number of imidazole rings is 1. The maximum absolute atomic E-state index is 4.25. The number of rotatable bonds is 1. The third-order valence-electron chi connectivity index (χ3n) is 2.02. The molecule has 0 radical (unpaired) electrons. The number of H-pyrrole nitrogens is 1. The third kappa shape index (κ3) is 1.03. The molecule has 5 heteroatoms. The van der Waals surface area contributed by atoms with E-state index in [1.54, 1.807) is 17.7 Å². The van der Waals surface area contributed by atoms with Crippen LogP contribution in [0.4, 0.5) is 0 Å². The fourth-order valence-corrected chi connectivity index (χ4v) is 2.02. The van der Waals surface area contributed by atoms with E-state index in [0.717, 1.165) is 16.8 Å². The predicted molar refractivity (Wildman–Crippen MR) is 55.0 cm³/mol. The lowest BCUT2D eigenvalue weighted by Crippen LogP contribution is -1.86. The highest BCUT2D eigenvalue weighted by Crippen LogP contribution is 2.24. The van der Waals surface area contributed by atoms with Crippen molar-refractivity contribution < 1.29 is 0 Å². The molecule has 4 nitrogen and oxygen atoms in total. The Bertz CT molecular complexity index is 555. The Morgan fingerprint density at radius 2 is 2.21 bits per heavy atom. The standard InChI is InChI=1S/C9H6N4S/c1-2-14-3-6(1)7-8-9(12-4-10-7)13-5-11-8/h1-5H,(H,10,11,12,13). The summed E-state index contributed by atoms with van der Waals surface area (Å²) in [7, 11) is 0. The summed E-state index contributed by atoms with van der Waals surface area (Å²) < 4.78 is 0. The highest BCUT2D eigenvalue weighted by atomic mass is 32.1. The minimum atomic E-state index is 0.709. The first-order chi connectivity index (χ1) is 6.95. The predicted octanol–water partition coefficient (Wildman–Crippen LogP) is 2.08. The summed E-state index contributed by atoms with van der Waals surface area (Å²) in [5.41, 5.74) is 3.62. The monoisotopic (exact) mass is 202 g/mol. The molecule has 0 saturated heterocycles. The van der Waals surface area contributed by atoms with Crippen molar-refractivity contribution in [1.82, 2.24) is 19.9 Å². The number of nitrogens with zero attached hydrogens (tertiary/aromatic N) is 3. The van der Waals surface area contributed by atoms with Crippen molar-refractivity contribution in [3.05, 3.63) is 29.5 Å². The normalized spacial score (nSPS) is 10.9. The number of aromatic nitrogens is 4. The number of hydrogen-bond donors (Lipinski definition) is 1. The van der Waals surface area contributed by atoms with Crippen LogP contribution in [0.1, 0.15) is 0 Å². The van der Waals surface area contributed by atoms with E-state index in [1.807, 2.05) is 11.4 Å². The van der Waals surface area contributed by atoms with Gasteiger partial charge >= 0.3 is 0 Å². The van der Waals surface area contributed by atoms with Crippen LogP contribution in [-0.2, 0) is 0 Å². The van der Waals surface area contributed by atoms with E-state index in [2.05, 4.69) is 25.3 Å². The average Bonchev–Trinajstić information content (AvgIpc) is 2.88. The molecular formula is C9H6N4S. The zero-order valence-electron chi connectivity index (χ0n) is 7.14. The molecule has 0 amide bonds. The molecule has 14 heavy (non-hydrogen) atoms. The first kappa shape index (κ1) is 7.64.